The molecule has 0 aliphatic heterocycles. The second-order valence-corrected chi connectivity index (χ2v) is 5.95. The van der Waals surface area contributed by atoms with Crippen molar-refractivity contribution < 1.29 is 19.1 Å². The van der Waals surface area contributed by atoms with Crippen molar-refractivity contribution in [2.24, 2.45) is 0 Å². The second-order valence-electron chi connectivity index (χ2n) is 5.17. The average Bonchev–Trinajstić information content (AvgIpc) is 2.79. The normalized spacial score (nSPS) is 22.4. The molecule has 21 heavy (non-hydrogen) atoms. The van der Waals surface area contributed by atoms with Crippen LogP contribution in [0.15, 0.2) is 21.2 Å². The summed E-state index contributed by atoms with van der Waals surface area (Å²) in [6, 6.07) is 2.90. The molecule has 2 unspecified atom stereocenters. The Morgan fingerprint density at radius 1 is 1.29 bits per heavy atom. The number of furan rings is 1. The van der Waals surface area contributed by atoms with Crippen LogP contribution in [0.5, 0.6) is 0 Å². The summed E-state index contributed by atoms with van der Waals surface area (Å²) in [5, 5.41) is 15.2. The highest BCUT2D eigenvalue weighted by atomic mass is 79.9. The minimum absolute atomic E-state index is 0.139. The van der Waals surface area contributed by atoms with Crippen LogP contribution >= 0.6 is 15.9 Å². The third kappa shape index (κ3) is 4.86. The first-order valence-corrected chi connectivity index (χ1v) is 7.86. The number of nitrogens with one attached hydrogen (secondary N) is 2. The van der Waals surface area contributed by atoms with E-state index in [0.29, 0.717) is 11.1 Å². The molecular formula is C14H19BrN2O4. The Kier molecular flexibility index (Phi) is 5.81. The lowest BCUT2D eigenvalue weighted by Gasteiger charge is -2.21. The third-order valence-corrected chi connectivity index (χ3v) is 3.96. The average molecular weight is 359 g/mol. The van der Waals surface area contributed by atoms with Crippen LogP contribution in [0, 0.1) is 0 Å². The molecule has 1 saturated carbocycles. The van der Waals surface area contributed by atoms with Gasteiger partial charge in [0.05, 0.1) is 18.7 Å². The molecule has 116 valence electrons. The van der Waals surface area contributed by atoms with E-state index in [-0.39, 0.29) is 24.3 Å². The number of carbonyl (C=O) groups excluding carboxylic acids is 2. The topological polar surface area (TPSA) is 91.6 Å². The van der Waals surface area contributed by atoms with Crippen LogP contribution in [-0.2, 0) is 4.79 Å². The Bertz CT molecular complexity index is 503. The molecule has 3 N–H and O–H groups in total. The van der Waals surface area contributed by atoms with Gasteiger partial charge in [0.25, 0.3) is 5.91 Å². The Morgan fingerprint density at radius 2 is 2.05 bits per heavy atom. The molecule has 0 radical (unpaired) electrons. The Labute approximate surface area is 131 Å². The van der Waals surface area contributed by atoms with Gasteiger partial charge in [-0.2, -0.15) is 0 Å². The highest BCUT2D eigenvalue weighted by Crippen LogP contribution is 2.18. The van der Waals surface area contributed by atoms with Crippen molar-refractivity contribution in [3.8, 4) is 0 Å². The maximum Gasteiger partial charge on any atom is 0.287 e. The summed E-state index contributed by atoms with van der Waals surface area (Å²) < 4.78 is 5.55. The van der Waals surface area contributed by atoms with Gasteiger partial charge in [0, 0.05) is 0 Å². The lowest BCUT2D eigenvalue weighted by Crippen LogP contribution is -2.46. The first kappa shape index (κ1) is 16.0. The minimum Gasteiger partial charge on any atom is -0.444 e. The maximum atomic E-state index is 11.8. The summed E-state index contributed by atoms with van der Waals surface area (Å²) in [5.41, 5.74) is 0. The molecule has 0 aromatic carbocycles. The monoisotopic (exact) mass is 358 g/mol. The fourth-order valence-electron chi connectivity index (χ4n) is 2.40. The number of hydrogen-bond acceptors (Lipinski definition) is 4. The number of amides is 2. The van der Waals surface area contributed by atoms with Crippen molar-refractivity contribution in [1.29, 1.82) is 0 Å². The van der Waals surface area contributed by atoms with E-state index in [2.05, 4.69) is 26.6 Å². The van der Waals surface area contributed by atoms with Gasteiger partial charge in [-0.15, -0.1) is 0 Å². The summed E-state index contributed by atoms with van der Waals surface area (Å²) in [6.45, 7) is -0.139. The first-order valence-electron chi connectivity index (χ1n) is 7.07. The van der Waals surface area contributed by atoms with E-state index in [1.807, 2.05) is 0 Å². The van der Waals surface area contributed by atoms with Crippen molar-refractivity contribution in [3.05, 3.63) is 22.6 Å². The zero-order valence-corrected chi connectivity index (χ0v) is 13.2. The molecule has 0 spiro atoms. The van der Waals surface area contributed by atoms with Gasteiger partial charge in [-0.3, -0.25) is 9.59 Å². The zero-order chi connectivity index (χ0) is 15.2. The van der Waals surface area contributed by atoms with Gasteiger partial charge in [0.1, 0.15) is 0 Å². The maximum absolute atomic E-state index is 11.8. The molecular weight excluding hydrogens is 340 g/mol. The van der Waals surface area contributed by atoms with Crippen LogP contribution in [0.25, 0.3) is 0 Å². The summed E-state index contributed by atoms with van der Waals surface area (Å²) in [4.78, 5) is 23.6. The second kappa shape index (κ2) is 7.61. The number of aliphatic hydroxyl groups is 1. The molecule has 1 aliphatic carbocycles. The number of hydrogen-bond donors (Lipinski definition) is 3. The van der Waals surface area contributed by atoms with E-state index in [0.717, 1.165) is 25.7 Å². The minimum atomic E-state index is -0.506. The zero-order valence-electron chi connectivity index (χ0n) is 11.6. The Balaban J connectivity index is 1.77. The van der Waals surface area contributed by atoms with E-state index >= 15 is 0 Å². The van der Waals surface area contributed by atoms with Crippen LogP contribution in [0.3, 0.4) is 0 Å². The predicted molar refractivity (Wildman–Crippen MR) is 79.8 cm³/mol. The van der Waals surface area contributed by atoms with Crippen LogP contribution in [0.2, 0.25) is 0 Å². The Hall–Kier alpha value is -1.34. The van der Waals surface area contributed by atoms with Crippen molar-refractivity contribution in [2.75, 3.05) is 6.54 Å². The molecule has 7 heteroatoms. The smallest absolute Gasteiger partial charge is 0.287 e. The molecule has 2 atom stereocenters. The molecule has 0 saturated heterocycles. The van der Waals surface area contributed by atoms with E-state index in [1.54, 1.807) is 6.07 Å². The molecule has 6 nitrogen and oxygen atoms in total. The van der Waals surface area contributed by atoms with E-state index in [9.17, 15) is 14.7 Å². The summed E-state index contributed by atoms with van der Waals surface area (Å²) >= 11 is 3.11. The van der Waals surface area contributed by atoms with E-state index in [1.165, 1.54) is 6.07 Å². The fourth-order valence-corrected chi connectivity index (χ4v) is 2.70. The predicted octanol–water partition coefficient (Wildman–Crippen LogP) is 1.58. The Morgan fingerprint density at radius 3 is 2.76 bits per heavy atom. The largest absolute Gasteiger partial charge is 0.444 e. The van der Waals surface area contributed by atoms with Gasteiger partial charge >= 0.3 is 0 Å². The van der Waals surface area contributed by atoms with Gasteiger partial charge in [-0.1, -0.05) is 19.3 Å². The van der Waals surface area contributed by atoms with E-state index < -0.39 is 12.0 Å². The number of aliphatic hydroxyl groups excluding tert-OH is 1. The molecule has 0 bridgehead atoms. The SMILES string of the molecule is O=C(CNC(=O)c1ccc(Br)o1)NC1CCCCCC1O. The van der Waals surface area contributed by atoms with Crippen molar-refractivity contribution in [3.63, 3.8) is 0 Å². The molecule has 1 aromatic rings. The highest BCUT2D eigenvalue weighted by molar-refractivity contribution is 9.10. The number of carbonyl (C=O) groups is 2. The summed E-state index contributed by atoms with van der Waals surface area (Å²) in [6.07, 6.45) is 4.03. The molecule has 2 rings (SSSR count). The van der Waals surface area contributed by atoms with Crippen LogP contribution in [0.1, 0.15) is 42.7 Å². The third-order valence-electron chi connectivity index (χ3n) is 3.53. The van der Waals surface area contributed by atoms with Crippen molar-refractivity contribution >= 4 is 27.7 Å². The van der Waals surface area contributed by atoms with E-state index in [4.69, 9.17) is 4.42 Å². The lowest BCUT2D eigenvalue weighted by molar-refractivity contribution is -0.121. The standard InChI is InChI=1S/C14H19BrN2O4/c15-12-7-6-11(21-12)14(20)16-8-13(19)17-9-4-2-1-3-5-10(9)18/h6-7,9-10,18H,1-5,8H2,(H,16,20)(H,17,19). The van der Waals surface area contributed by atoms with Gasteiger partial charge in [-0.05, 0) is 40.9 Å². The van der Waals surface area contributed by atoms with Gasteiger partial charge in [-0.25, -0.2) is 0 Å². The highest BCUT2D eigenvalue weighted by Gasteiger charge is 2.23. The van der Waals surface area contributed by atoms with Crippen LogP contribution in [-0.4, -0.2) is 35.6 Å². The summed E-state index contributed by atoms with van der Waals surface area (Å²) in [7, 11) is 0. The molecule has 2 amide bonds. The molecule has 1 fully saturated rings. The van der Waals surface area contributed by atoms with Crippen LogP contribution in [0.4, 0.5) is 0 Å². The molecule has 1 aromatic heterocycles. The number of halogens is 1. The van der Waals surface area contributed by atoms with Crippen molar-refractivity contribution in [2.45, 2.75) is 44.2 Å². The fraction of sp³-hybridized carbons (Fsp3) is 0.571. The molecule has 1 aliphatic rings. The number of rotatable bonds is 4. The van der Waals surface area contributed by atoms with Crippen LogP contribution < -0.4 is 10.6 Å². The van der Waals surface area contributed by atoms with Gasteiger partial charge < -0.3 is 20.2 Å². The lowest BCUT2D eigenvalue weighted by atomic mass is 10.1. The molecule has 1 heterocycles. The van der Waals surface area contributed by atoms with Gasteiger partial charge in [0.2, 0.25) is 5.91 Å². The first-order chi connectivity index (χ1) is 10.1. The summed E-state index contributed by atoms with van der Waals surface area (Å²) in [5.74, 6) is -0.610. The quantitative estimate of drug-likeness (QED) is 0.712. The van der Waals surface area contributed by atoms with Gasteiger partial charge in [0.15, 0.2) is 10.4 Å². The van der Waals surface area contributed by atoms with Crippen molar-refractivity contribution in [1.82, 2.24) is 10.6 Å².